The van der Waals surface area contributed by atoms with Crippen LogP contribution >= 0.6 is 0 Å². The van der Waals surface area contributed by atoms with Gasteiger partial charge in [-0.2, -0.15) is 0 Å². The van der Waals surface area contributed by atoms with Crippen molar-refractivity contribution in [3.63, 3.8) is 0 Å². The van der Waals surface area contributed by atoms with Crippen molar-refractivity contribution in [2.45, 2.75) is 58.4 Å². The normalized spacial score (nSPS) is 29.2. The lowest BCUT2D eigenvalue weighted by atomic mass is 9.99. The zero-order valence-electron chi connectivity index (χ0n) is 11.1. The molecule has 1 atom stereocenters. The van der Waals surface area contributed by atoms with Crippen molar-refractivity contribution in [1.29, 1.82) is 0 Å². The largest absolute Gasteiger partial charge is 0.313 e. The first-order chi connectivity index (χ1) is 7.78. The number of hydrogen-bond donors (Lipinski definition) is 1. The lowest BCUT2D eigenvalue weighted by Crippen LogP contribution is -2.47. The Balaban J connectivity index is 1.73. The van der Waals surface area contributed by atoms with E-state index in [-0.39, 0.29) is 0 Å². The van der Waals surface area contributed by atoms with Gasteiger partial charge >= 0.3 is 0 Å². The monoisotopic (exact) mass is 224 g/mol. The van der Waals surface area contributed by atoms with Crippen molar-refractivity contribution in [2.24, 2.45) is 5.41 Å². The van der Waals surface area contributed by atoms with Crippen LogP contribution in [0.25, 0.3) is 0 Å². The van der Waals surface area contributed by atoms with E-state index in [4.69, 9.17) is 0 Å². The molecule has 0 aromatic rings. The molecule has 2 fully saturated rings. The maximum Gasteiger partial charge on any atom is 0.0195 e. The van der Waals surface area contributed by atoms with E-state index in [1.54, 1.807) is 0 Å². The van der Waals surface area contributed by atoms with E-state index >= 15 is 0 Å². The van der Waals surface area contributed by atoms with Crippen LogP contribution in [0.4, 0.5) is 0 Å². The highest BCUT2D eigenvalue weighted by Crippen LogP contribution is 2.49. The van der Waals surface area contributed by atoms with Crippen LogP contribution in [0.1, 0.15) is 52.4 Å². The number of likely N-dealkylation sites (tertiary alicyclic amines) is 1. The highest BCUT2D eigenvalue weighted by molar-refractivity contribution is 4.95. The van der Waals surface area contributed by atoms with Crippen molar-refractivity contribution in [3.05, 3.63) is 0 Å². The van der Waals surface area contributed by atoms with Crippen molar-refractivity contribution in [1.82, 2.24) is 10.2 Å². The quantitative estimate of drug-likeness (QED) is 0.746. The van der Waals surface area contributed by atoms with Gasteiger partial charge in [-0.15, -0.1) is 0 Å². The van der Waals surface area contributed by atoms with Crippen LogP contribution in [0.15, 0.2) is 0 Å². The molecular formula is C14H28N2. The molecule has 1 unspecified atom stereocenters. The highest BCUT2D eigenvalue weighted by atomic mass is 15.2. The maximum atomic E-state index is 3.68. The third kappa shape index (κ3) is 3.21. The summed E-state index contributed by atoms with van der Waals surface area (Å²) in [6.07, 6.45) is 8.38. The van der Waals surface area contributed by atoms with E-state index in [1.807, 2.05) is 0 Å². The van der Waals surface area contributed by atoms with Gasteiger partial charge < -0.3 is 10.2 Å². The molecular weight excluding hydrogens is 196 g/mol. The summed E-state index contributed by atoms with van der Waals surface area (Å²) in [5.41, 5.74) is 0.729. The van der Waals surface area contributed by atoms with Crippen molar-refractivity contribution < 1.29 is 0 Å². The van der Waals surface area contributed by atoms with Gasteiger partial charge in [0.15, 0.2) is 0 Å². The Kier molecular flexibility index (Phi) is 4.26. The van der Waals surface area contributed by atoms with E-state index in [0.29, 0.717) is 0 Å². The van der Waals surface area contributed by atoms with Crippen molar-refractivity contribution in [2.75, 3.05) is 26.2 Å². The number of nitrogens with zero attached hydrogens (tertiary/aromatic N) is 1. The van der Waals surface area contributed by atoms with Gasteiger partial charge in [-0.1, -0.05) is 13.8 Å². The molecule has 2 aliphatic rings. The van der Waals surface area contributed by atoms with Gasteiger partial charge in [-0.3, -0.25) is 0 Å². The van der Waals surface area contributed by atoms with Gasteiger partial charge in [0.1, 0.15) is 0 Å². The van der Waals surface area contributed by atoms with Crippen molar-refractivity contribution >= 4 is 0 Å². The summed E-state index contributed by atoms with van der Waals surface area (Å²) in [6, 6.07) is 0.765. The summed E-state index contributed by atoms with van der Waals surface area (Å²) >= 11 is 0. The van der Waals surface area contributed by atoms with E-state index in [2.05, 4.69) is 24.1 Å². The molecule has 0 amide bonds. The lowest BCUT2D eigenvalue weighted by Gasteiger charge is -2.35. The molecule has 0 bridgehead atoms. The fraction of sp³-hybridized carbons (Fsp3) is 1.00. The van der Waals surface area contributed by atoms with Gasteiger partial charge in [0.2, 0.25) is 0 Å². The molecule has 0 aromatic carbocycles. The Bertz CT molecular complexity index is 211. The minimum Gasteiger partial charge on any atom is -0.313 e. The molecule has 1 aliphatic carbocycles. The molecule has 1 heterocycles. The molecule has 0 radical (unpaired) electrons. The molecule has 2 heteroatoms. The molecule has 1 saturated carbocycles. The predicted molar refractivity (Wildman–Crippen MR) is 69.7 cm³/mol. The summed E-state index contributed by atoms with van der Waals surface area (Å²) in [5, 5.41) is 3.68. The second-order valence-electron chi connectivity index (χ2n) is 5.88. The number of piperidine rings is 1. The molecule has 1 saturated heterocycles. The zero-order valence-corrected chi connectivity index (χ0v) is 11.1. The Labute approximate surface area is 101 Å². The molecule has 1 N–H and O–H groups in total. The summed E-state index contributed by atoms with van der Waals surface area (Å²) in [7, 11) is 0. The second-order valence-corrected chi connectivity index (χ2v) is 5.88. The minimum absolute atomic E-state index is 0.729. The molecule has 94 valence electrons. The summed E-state index contributed by atoms with van der Waals surface area (Å²) in [6.45, 7) is 9.81. The van der Waals surface area contributed by atoms with Crippen LogP contribution in [-0.2, 0) is 0 Å². The third-order valence-electron chi connectivity index (χ3n) is 4.45. The average molecular weight is 224 g/mol. The fourth-order valence-electron chi connectivity index (χ4n) is 2.99. The van der Waals surface area contributed by atoms with E-state index in [1.165, 1.54) is 64.7 Å². The molecule has 16 heavy (non-hydrogen) atoms. The van der Waals surface area contributed by atoms with Crippen LogP contribution < -0.4 is 5.32 Å². The first-order valence-electron chi connectivity index (χ1n) is 7.24. The summed E-state index contributed by atoms with van der Waals surface area (Å²) in [4.78, 5) is 2.72. The first-order valence-corrected chi connectivity index (χ1v) is 7.24. The van der Waals surface area contributed by atoms with Gasteiger partial charge in [0.25, 0.3) is 0 Å². The van der Waals surface area contributed by atoms with Gasteiger partial charge in [0.05, 0.1) is 0 Å². The summed E-state index contributed by atoms with van der Waals surface area (Å²) in [5.74, 6) is 0. The SMILES string of the molecule is CCCNC1CCCN(CC2(CC)CC2)C1. The van der Waals surface area contributed by atoms with Crippen LogP contribution in [0.5, 0.6) is 0 Å². The van der Waals surface area contributed by atoms with E-state index in [9.17, 15) is 0 Å². The fourth-order valence-corrected chi connectivity index (χ4v) is 2.99. The van der Waals surface area contributed by atoms with Crippen LogP contribution in [0.3, 0.4) is 0 Å². The van der Waals surface area contributed by atoms with E-state index in [0.717, 1.165) is 11.5 Å². The first kappa shape index (κ1) is 12.4. The number of hydrogen-bond acceptors (Lipinski definition) is 2. The zero-order chi connectivity index (χ0) is 11.4. The minimum atomic E-state index is 0.729. The van der Waals surface area contributed by atoms with Crippen LogP contribution in [0, 0.1) is 5.41 Å². The highest BCUT2D eigenvalue weighted by Gasteiger charge is 2.42. The van der Waals surface area contributed by atoms with Crippen LogP contribution in [-0.4, -0.2) is 37.1 Å². The third-order valence-corrected chi connectivity index (χ3v) is 4.45. The molecule has 0 aromatic heterocycles. The molecule has 2 nitrogen and oxygen atoms in total. The standard InChI is InChI=1S/C14H28N2/c1-3-9-15-13-6-5-10-16(11-13)12-14(4-2)7-8-14/h13,15H,3-12H2,1-2H3. The summed E-state index contributed by atoms with van der Waals surface area (Å²) < 4.78 is 0. The maximum absolute atomic E-state index is 3.68. The predicted octanol–water partition coefficient (Wildman–Crippen LogP) is 2.64. The second kappa shape index (κ2) is 5.50. The molecule has 2 rings (SSSR count). The molecule has 0 spiro atoms. The van der Waals surface area contributed by atoms with Crippen LogP contribution in [0.2, 0.25) is 0 Å². The average Bonchev–Trinajstić information content (AvgIpc) is 3.07. The lowest BCUT2D eigenvalue weighted by molar-refractivity contribution is 0.156. The van der Waals surface area contributed by atoms with Gasteiger partial charge in [-0.05, 0) is 57.0 Å². The van der Waals surface area contributed by atoms with E-state index < -0.39 is 0 Å². The topological polar surface area (TPSA) is 15.3 Å². The van der Waals surface area contributed by atoms with Gasteiger partial charge in [-0.25, -0.2) is 0 Å². The van der Waals surface area contributed by atoms with Gasteiger partial charge in [0, 0.05) is 19.1 Å². The Hall–Kier alpha value is -0.0800. The smallest absolute Gasteiger partial charge is 0.0195 e. The molecule has 1 aliphatic heterocycles. The number of nitrogens with one attached hydrogen (secondary N) is 1. The Morgan fingerprint density at radius 1 is 1.31 bits per heavy atom. The number of rotatable bonds is 6. The Morgan fingerprint density at radius 3 is 2.75 bits per heavy atom. The van der Waals surface area contributed by atoms with Crippen molar-refractivity contribution in [3.8, 4) is 0 Å². The Morgan fingerprint density at radius 2 is 2.12 bits per heavy atom.